The predicted molar refractivity (Wildman–Crippen MR) is 72.9 cm³/mol. The zero-order valence-electron chi connectivity index (χ0n) is 10.4. The minimum absolute atomic E-state index is 0.220. The SMILES string of the molecule is CCOC(=O)/C(C)=C(/C)Cc1ccc(Br)cc1. The van der Waals surface area contributed by atoms with Crippen LogP contribution in [0, 0.1) is 0 Å². The first-order valence-corrected chi connectivity index (χ1v) is 6.41. The van der Waals surface area contributed by atoms with Gasteiger partial charge in [-0.3, -0.25) is 0 Å². The van der Waals surface area contributed by atoms with Crippen molar-refractivity contribution in [3.8, 4) is 0 Å². The van der Waals surface area contributed by atoms with E-state index in [1.807, 2.05) is 45.0 Å². The zero-order valence-corrected chi connectivity index (χ0v) is 12.0. The van der Waals surface area contributed by atoms with Gasteiger partial charge in [0.25, 0.3) is 0 Å². The molecule has 92 valence electrons. The van der Waals surface area contributed by atoms with E-state index < -0.39 is 0 Å². The van der Waals surface area contributed by atoms with Crippen LogP contribution in [-0.2, 0) is 16.0 Å². The monoisotopic (exact) mass is 296 g/mol. The minimum atomic E-state index is -0.220. The Morgan fingerprint density at radius 2 is 1.82 bits per heavy atom. The van der Waals surface area contributed by atoms with Gasteiger partial charge in [-0.25, -0.2) is 4.79 Å². The number of halogens is 1. The van der Waals surface area contributed by atoms with Gasteiger partial charge in [0.05, 0.1) is 6.61 Å². The summed E-state index contributed by atoms with van der Waals surface area (Å²) in [5.74, 6) is -0.220. The topological polar surface area (TPSA) is 26.3 Å². The Balaban J connectivity index is 2.76. The average molecular weight is 297 g/mol. The van der Waals surface area contributed by atoms with Gasteiger partial charge >= 0.3 is 5.97 Å². The average Bonchev–Trinajstić information content (AvgIpc) is 2.31. The van der Waals surface area contributed by atoms with E-state index in [0.29, 0.717) is 12.2 Å². The first-order chi connectivity index (χ1) is 8.04. The smallest absolute Gasteiger partial charge is 0.333 e. The Bertz CT molecular complexity index is 418. The number of allylic oxidation sites excluding steroid dienone is 1. The van der Waals surface area contributed by atoms with E-state index in [1.54, 1.807) is 0 Å². The molecule has 0 unspecified atom stereocenters. The third-order valence-corrected chi connectivity index (χ3v) is 3.13. The van der Waals surface area contributed by atoms with Crippen LogP contribution in [0.2, 0.25) is 0 Å². The van der Waals surface area contributed by atoms with Crippen LogP contribution in [0.25, 0.3) is 0 Å². The van der Waals surface area contributed by atoms with Crippen molar-refractivity contribution in [1.29, 1.82) is 0 Å². The van der Waals surface area contributed by atoms with E-state index in [4.69, 9.17) is 4.74 Å². The van der Waals surface area contributed by atoms with Gasteiger partial charge in [0.15, 0.2) is 0 Å². The van der Waals surface area contributed by atoms with E-state index >= 15 is 0 Å². The lowest BCUT2D eigenvalue weighted by Gasteiger charge is -2.07. The summed E-state index contributed by atoms with van der Waals surface area (Å²) in [5.41, 5.74) is 2.94. The van der Waals surface area contributed by atoms with Crippen LogP contribution in [0.3, 0.4) is 0 Å². The molecular weight excluding hydrogens is 280 g/mol. The number of esters is 1. The summed E-state index contributed by atoms with van der Waals surface area (Å²) in [7, 11) is 0. The summed E-state index contributed by atoms with van der Waals surface area (Å²) < 4.78 is 6.04. The Morgan fingerprint density at radius 3 is 2.35 bits per heavy atom. The van der Waals surface area contributed by atoms with Gasteiger partial charge in [0, 0.05) is 10.0 Å². The standard InChI is InChI=1S/C14H17BrO2/c1-4-17-14(16)11(3)10(2)9-12-5-7-13(15)8-6-12/h5-8H,4,9H2,1-3H3/b11-10-. The normalized spacial score (nSPS) is 12.0. The highest BCUT2D eigenvalue weighted by atomic mass is 79.9. The van der Waals surface area contributed by atoms with E-state index in [0.717, 1.165) is 16.5 Å². The molecule has 0 atom stereocenters. The third kappa shape index (κ3) is 4.35. The lowest BCUT2D eigenvalue weighted by molar-refractivity contribution is -0.138. The highest BCUT2D eigenvalue weighted by molar-refractivity contribution is 9.10. The third-order valence-electron chi connectivity index (χ3n) is 2.60. The van der Waals surface area contributed by atoms with E-state index in [-0.39, 0.29) is 5.97 Å². The first-order valence-electron chi connectivity index (χ1n) is 5.62. The van der Waals surface area contributed by atoms with E-state index in [9.17, 15) is 4.79 Å². The Morgan fingerprint density at radius 1 is 1.24 bits per heavy atom. The molecule has 0 amide bonds. The lowest BCUT2D eigenvalue weighted by atomic mass is 10.0. The van der Waals surface area contributed by atoms with Gasteiger partial charge in [0.1, 0.15) is 0 Å². The van der Waals surface area contributed by atoms with Crippen molar-refractivity contribution in [3.63, 3.8) is 0 Å². The molecule has 1 aromatic rings. The summed E-state index contributed by atoms with van der Waals surface area (Å²) in [6.07, 6.45) is 0.776. The molecule has 2 nitrogen and oxygen atoms in total. The molecule has 0 aliphatic carbocycles. The summed E-state index contributed by atoms with van der Waals surface area (Å²) in [6.45, 7) is 6.01. The van der Waals surface area contributed by atoms with Gasteiger partial charge in [-0.05, 0) is 44.9 Å². The molecule has 0 saturated carbocycles. The molecule has 17 heavy (non-hydrogen) atoms. The summed E-state index contributed by atoms with van der Waals surface area (Å²) in [6, 6.07) is 8.10. The van der Waals surface area contributed by atoms with Crippen molar-refractivity contribution in [2.75, 3.05) is 6.61 Å². The fourth-order valence-electron chi connectivity index (χ4n) is 1.45. The van der Waals surface area contributed by atoms with E-state index in [1.165, 1.54) is 5.56 Å². The van der Waals surface area contributed by atoms with Crippen molar-refractivity contribution >= 4 is 21.9 Å². The fourth-order valence-corrected chi connectivity index (χ4v) is 1.72. The zero-order chi connectivity index (χ0) is 12.8. The molecule has 0 aliphatic heterocycles. The molecule has 0 saturated heterocycles. The van der Waals surface area contributed by atoms with Crippen LogP contribution in [0.1, 0.15) is 26.3 Å². The second kappa shape index (κ2) is 6.60. The molecule has 0 spiro atoms. The van der Waals surface area contributed by atoms with Crippen molar-refractivity contribution in [3.05, 3.63) is 45.4 Å². The number of hydrogen-bond donors (Lipinski definition) is 0. The summed E-state index contributed by atoms with van der Waals surface area (Å²) in [4.78, 5) is 11.5. The molecule has 0 aromatic heterocycles. The quantitative estimate of drug-likeness (QED) is 0.622. The number of benzene rings is 1. The van der Waals surface area contributed by atoms with E-state index in [2.05, 4.69) is 15.9 Å². The largest absolute Gasteiger partial charge is 0.463 e. The number of rotatable bonds is 4. The molecule has 1 rings (SSSR count). The maximum absolute atomic E-state index is 11.5. The fraction of sp³-hybridized carbons (Fsp3) is 0.357. The van der Waals surface area contributed by atoms with Gasteiger partial charge in [-0.2, -0.15) is 0 Å². The number of carbonyl (C=O) groups is 1. The van der Waals surface area contributed by atoms with Crippen molar-refractivity contribution < 1.29 is 9.53 Å². The minimum Gasteiger partial charge on any atom is -0.463 e. The number of carbonyl (C=O) groups excluding carboxylic acids is 1. The Kier molecular flexibility index (Phi) is 5.42. The van der Waals surface area contributed by atoms with Crippen molar-refractivity contribution in [2.24, 2.45) is 0 Å². The number of hydrogen-bond acceptors (Lipinski definition) is 2. The predicted octanol–water partition coefficient (Wildman–Crippen LogP) is 3.89. The van der Waals surface area contributed by atoms with Crippen LogP contribution in [0.15, 0.2) is 39.9 Å². The molecule has 0 bridgehead atoms. The van der Waals surface area contributed by atoms with Crippen molar-refractivity contribution in [2.45, 2.75) is 27.2 Å². The first kappa shape index (κ1) is 14.0. The molecule has 0 aliphatic rings. The van der Waals surface area contributed by atoms with Crippen LogP contribution >= 0.6 is 15.9 Å². The highest BCUT2D eigenvalue weighted by Crippen LogP contribution is 2.16. The van der Waals surface area contributed by atoms with Gasteiger partial charge in [-0.15, -0.1) is 0 Å². The maximum atomic E-state index is 11.5. The van der Waals surface area contributed by atoms with Crippen LogP contribution in [0.4, 0.5) is 0 Å². The Hall–Kier alpha value is -1.09. The summed E-state index contributed by atoms with van der Waals surface area (Å²) in [5, 5.41) is 0. The molecule has 0 fully saturated rings. The Labute approximate surface area is 111 Å². The number of ether oxygens (including phenoxy) is 1. The molecule has 0 N–H and O–H groups in total. The highest BCUT2D eigenvalue weighted by Gasteiger charge is 2.08. The second-order valence-electron chi connectivity index (χ2n) is 3.93. The molecule has 0 heterocycles. The molecular formula is C14H17BrO2. The van der Waals surface area contributed by atoms with Gasteiger partial charge in [0.2, 0.25) is 0 Å². The maximum Gasteiger partial charge on any atom is 0.333 e. The second-order valence-corrected chi connectivity index (χ2v) is 4.84. The van der Waals surface area contributed by atoms with Crippen molar-refractivity contribution in [1.82, 2.24) is 0 Å². The molecule has 0 radical (unpaired) electrons. The van der Waals surface area contributed by atoms with Gasteiger partial charge in [-0.1, -0.05) is 33.6 Å². The van der Waals surface area contributed by atoms with Crippen LogP contribution in [-0.4, -0.2) is 12.6 Å². The molecule has 3 heteroatoms. The van der Waals surface area contributed by atoms with Gasteiger partial charge < -0.3 is 4.74 Å². The van der Waals surface area contributed by atoms with Crippen LogP contribution < -0.4 is 0 Å². The molecule has 1 aromatic carbocycles. The summed E-state index contributed by atoms with van der Waals surface area (Å²) >= 11 is 3.40. The van der Waals surface area contributed by atoms with Crippen LogP contribution in [0.5, 0.6) is 0 Å². The lowest BCUT2D eigenvalue weighted by Crippen LogP contribution is -2.07.